The van der Waals surface area contributed by atoms with Gasteiger partial charge < -0.3 is 25.2 Å². The summed E-state index contributed by atoms with van der Waals surface area (Å²) in [4.78, 5) is 36.2. The first-order valence-electron chi connectivity index (χ1n) is 13.1. The Bertz CT molecular complexity index is 1510. The van der Waals surface area contributed by atoms with Crippen LogP contribution in [0.25, 0.3) is 5.78 Å². The lowest BCUT2D eigenvalue weighted by Gasteiger charge is -2.31. The molecule has 2 N–H and O–H groups in total. The highest BCUT2D eigenvalue weighted by Gasteiger charge is 2.40. The number of ether oxygens (including phenoxy) is 1. The molecule has 1 amide bonds. The van der Waals surface area contributed by atoms with Crippen LogP contribution in [0, 0.1) is 0 Å². The van der Waals surface area contributed by atoms with Crippen LogP contribution in [0.5, 0.6) is 0 Å². The van der Waals surface area contributed by atoms with Crippen LogP contribution in [0.2, 0.25) is 5.02 Å². The van der Waals surface area contributed by atoms with Crippen molar-refractivity contribution in [3.05, 3.63) is 44.8 Å². The summed E-state index contributed by atoms with van der Waals surface area (Å²) >= 11 is 6.13. The number of aromatic nitrogens is 4. The molecule has 2 aromatic heterocycles. The zero-order chi connectivity index (χ0) is 28.2. The van der Waals surface area contributed by atoms with Gasteiger partial charge in [-0.25, -0.2) is 0 Å². The minimum atomic E-state index is -4.56. The van der Waals surface area contributed by atoms with Gasteiger partial charge in [0.05, 0.1) is 35.2 Å². The molecule has 0 aliphatic carbocycles. The second-order valence-electron chi connectivity index (χ2n) is 10.2. The smallest absolute Gasteiger partial charge is 0.378 e. The number of alkyl halides is 3. The number of rotatable bonds is 4. The Balaban J connectivity index is 1.44. The van der Waals surface area contributed by atoms with E-state index in [2.05, 4.69) is 15.7 Å². The Kier molecular flexibility index (Phi) is 6.87. The number of hydrogen-bond acceptors (Lipinski definition) is 8. The van der Waals surface area contributed by atoms with Crippen LogP contribution in [-0.4, -0.2) is 77.6 Å². The normalized spacial score (nSPS) is 21.6. The summed E-state index contributed by atoms with van der Waals surface area (Å²) in [7, 11) is 0. The fraction of sp³-hybridized carbons (Fsp3) is 0.520. The monoisotopic (exact) mass is 580 g/mol. The van der Waals surface area contributed by atoms with E-state index in [9.17, 15) is 22.8 Å². The molecule has 3 aromatic rings. The van der Waals surface area contributed by atoms with Gasteiger partial charge >= 0.3 is 6.18 Å². The van der Waals surface area contributed by atoms with E-state index >= 15 is 0 Å². The minimum Gasteiger partial charge on any atom is -0.378 e. The number of benzene rings is 1. The fourth-order valence-corrected chi connectivity index (χ4v) is 5.89. The summed E-state index contributed by atoms with van der Waals surface area (Å²) in [6.07, 6.45) is -4.20. The molecule has 214 valence electrons. The number of piperazine rings is 1. The lowest BCUT2D eigenvalue weighted by atomic mass is 10.0. The number of fused-ring (bicyclic) bond motifs is 3. The minimum absolute atomic E-state index is 0.0654. The van der Waals surface area contributed by atoms with Crippen molar-refractivity contribution in [2.24, 2.45) is 0 Å². The van der Waals surface area contributed by atoms with Gasteiger partial charge in [-0.3, -0.25) is 14.2 Å². The third kappa shape index (κ3) is 4.67. The average Bonchev–Trinajstić information content (AvgIpc) is 3.53. The molecule has 40 heavy (non-hydrogen) atoms. The van der Waals surface area contributed by atoms with E-state index in [0.717, 1.165) is 18.2 Å². The molecule has 2 fully saturated rings. The number of nitrogens with zero attached hydrogens (tertiary/aromatic N) is 6. The predicted molar refractivity (Wildman–Crippen MR) is 143 cm³/mol. The Morgan fingerprint density at radius 2 is 1.88 bits per heavy atom. The molecule has 15 heteroatoms. The summed E-state index contributed by atoms with van der Waals surface area (Å²) in [6.45, 7) is 6.73. The summed E-state index contributed by atoms with van der Waals surface area (Å²) < 4.78 is 47.8. The number of morpholine rings is 1. The zero-order valence-corrected chi connectivity index (χ0v) is 22.4. The molecule has 6 rings (SSSR count). The number of carbonyl (C=O) groups excluding carboxylic acids is 1. The maximum atomic E-state index is 13.9. The van der Waals surface area contributed by atoms with Gasteiger partial charge in [0.15, 0.2) is 0 Å². The van der Waals surface area contributed by atoms with Crippen molar-refractivity contribution in [1.82, 2.24) is 24.5 Å². The van der Waals surface area contributed by atoms with Crippen molar-refractivity contribution in [3.8, 4) is 0 Å². The fourth-order valence-electron chi connectivity index (χ4n) is 5.66. The van der Waals surface area contributed by atoms with Crippen molar-refractivity contribution in [2.75, 3.05) is 67.6 Å². The van der Waals surface area contributed by atoms with Crippen LogP contribution in [-0.2, 0) is 15.7 Å². The van der Waals surface area contributed by atoms with Crippen molar-refractivity contribution in [3.63, 3.8) is 0 Å². The quantitative estimate of drug-likeness (QED) is 0.485. The van der Waals surface area contributed by atoms with Gasteiger partial charge in [0.25, 0.3) is 5.56 Å². The average molecular weight is 581 g/mol. The van der Waals surface area contributed by atoms with Gasteiger partial charge in [0.1, 0.15) is 11.7 Å². The second-order valence-corrected chi connectivity index (χ2v) is 10.6. The molecule has 0 unspecified atom stereocenters. The molecule has 11 nitrogen and oxygen atoms in total. The van der Waals surface area contributed by atoms with E-state index in [0.29, 0.717) is 76.2 Å². The van der Waals surface area contributed by atoms with Crippen LogP contribution in [0.15, 0.2) is 23.0 Å². The first-order chi connectivity index (χ1) is 19.1. The third-order valence-corrected chi connectivity index (χ3v) is 7.94. The van der Waals surface area contributed by atoms with Crippen molar-refractivity contribution in [2.45, 2.75) is 31.5 Å². The Morgan fingerprint density at radius 1 is 1.15 bits per heavy atom. The highest BCUT2D eigenvalue weighted by atomic mass is 35.5. The number of anilines is 3. The van der Waals surface area contributed by atoms with E-state index in [1.165, 1.54) is 4.52 Å². The Morgan fingerprint density at radius 3 is 2.55 bits per heavy atom. The van der Waals surface area contributed by atoms with Crippen LogP contribution in [0.1, 0.15) is 36.6 Å². The zero-order valence-electron chi connectivity index (χ0n) is 21.7. The molecule has 3 aliphatic rings. The van der Waals surface area contributed by atoms with Crippen molar-refractivity contribution in [1.29, 1.82) is 0 Å². The molecular weight excluding hydrogens is 553 g/mol. The largest absolute Gasteiger partial charge is 0.416 e. The molecule has 3 aliphatic heterocycles. The molecule has 5 heterocycles. The van der Waals surface area contributed by atoms with Gasteiger partial charge in [0.2, 0.25) is 17.6 Å². The van der Waals surface area contributed by atoms with Gasteiger partial charge in [-0.05, 0) is 24.6 Å². The van der Waals surface area contributed by atoms with Crippen LogP contribution < -0.4 is 26.0 Å². The molecule has 0 spiro atoms. The topological polar surface area (TPSA) is 109 Å². The highest BCUT2D eigenvalue weighted by molar-refractivity contribution is 6.33. The molecular formula is C25H28ClF3N8O3. The lowest BCUT2D eigenvalue weighted by Crippen LogP contribution is -2.46. The van der Waals surface area contributed by atoms with Gasteiger partial charge in [-0.1, -0.05) is 18.5 Å². The Hall–Kier alpha value is -3.36. The SMILES string of the molecule is C[C@@H]1C[C@H](C(=O)Nc2ccc(C(F)(F)F)cc2Cl)n2c1c(N1CCNCC1)c(=O)n1nc(N3CCOCC3)nc21. The number of carbonyl (C=O) groups is 1. The van der Waals surface area contributed by atoms with Crippen LogP contribution >= 0.6 is 11.6 Å². The maximum Gasteiger partial charge on any atom is 0.416 e. The number of nitrogens with one attached hydrogen (secondary N) is 2. The first kappa shape index (κ1) is 26.8. The standard InChI is InChI=1S/C25H28ClF3N8O3/c1-14-12-18(21(38)31-17-3-2-15(13-16(17)26)25(27,28)29)36-19(14)20(34-6-4-30-5-7-34)22(39)37-24(36)32-23(33-37)35-8-10-40-11-9-35/h2-3,13-14,18,30H,4-12H2,1H3,(H,31,38)/t14-,18-/m1/s1. The number of halogens is 4. The first-order valence-corrected chi connectivity index (χ1v) is 13.5. The van der Waals surface area contributed by atoms with E-state index in [4.69, 9.17) is 21.3 Å². The van der Waals surface area contributed by atoms with Gasteiger partial charge in [-0.2, -0.15) is 22.7 Å². The van der Waals surface area contributed by atoms with E-state index in [-0.39, 0.29) is 28.0 Å². The molecule has 0 radical (unpaired) electrons. The number of amides is 1. The molecule has 1 aromatic carbocycles. The second kappa shape index (κ2) is 10.2. The van der Waals surface area contributed by atoms with Gasteiger partial charge in [0, 0.05) is 45.2 Å². The molecule has 0 saturated carbocycles. The van der Waals surface area contributed by atoms with Gasteiger partial charge in [-0.15, -0.1) is 5.10 Å². The van der Waals surface area contributed by atoms with E-state index in [1.54, 1.807) is 4.57 Å². The third-order valence-electron chi connectivity index (χ3n) is 7.63. The van der Waals surface area contributed by atoms with Crippen LogP contribution in [0.4, 0.5) is 30.5 Å². The van der Waals surface area contributed by atoms with Crippen molar-refractivity contribution >= 4 is 40.6 Å². The van der Waals surface area contributed by atoms with E-state index < -0.39 is 23.7 Å². The summed E-state index contributed by atoms with van der Waals surface area (Å²) in [5.74, 6) is -0.0367. The molecule has 2 saturated heterocycles. The molecule has 2 atom stereocenters. The summed E-state index contributed by atoms with van der Waals surface area (Å²) in [6, 6.07) is 2.00. The number of hydrogen-bond donors (Lipinski definition) is 2. The predicted octanol–water partition coefficient (Wildman–Crippen LogP) is 2.50. The maximum absolute atomic E-state index is 13.9. The van der Waals surface area contributed by atoms with Crippen LogP contribution in [0.3, 0.4) is 0 Å². The van der Waals surface area contributed by atoms with Crippen molar-refractivity contribution < 1.29 is 22.7 Å². The summed E-state index contributed by atoms with van der Waals surface area (Å²) in [5.41, 5.74) is 0.0421. The lowest BCUT2D eigenvalue weighted by molar-refractivity contribution is -0.137. The van der Waals surface area contributed by atoms with E-state index in [1.807, 2.05) is 16.7 Å². The highest BCUT2D eigenvalue weighted by Crippen LogP contribution is 2.42. The Labute approximate surface area is 231 Å². The summed E-state index contributed by atoms with van der Waals surface area (Å²) in [5, 5.41) is 10.3. The molecule has 0 bridgehead atoms.